The number of hydrogen-bond donors (Lipinski definition) is 2. The number of halogens is 1. The number of rotatable bonds is 5. The number of aliphatic hydroxyl groups excluding tert-OH is 1. The van der Waals surface area contributed by atoms with Crippen molar-refractivity contribution in [2.75, 3.05) is 6.61 Å². The fourth-order valence-electron chi connectivity index (χ4n) is 2.35. The second-order valence-corrected chi connectivity index (χ2v) is 5.87. The summed E-state index contributed by atoms with van der Waals surface area (Å²) in [7, 11) is 0. The lowest BCUT2D eigenvalue weighted by Crippen LogP contribution is -2.45. The number of benzene rings is 1. The molecule has 1 aliphatic heterocycles. The minimum Gasteiger partial charge on any atom is -0.480 e. The Morgan fingerprint density at radius 3 is 2.95 bits per heavy atom. The summed E-state index contributed by atoms with van der Waals surface area (Å²) in [6.45, 7) is 4.10. The summed E-state index contributed by atoms with van der Waals surface area (Å²) in [6, 6.07) is 5.34. The number of nitrogens with one attached hydrogen (secondary N) is 1. The maximum atomic E-state index is 12.2. The Labute approximate surface area is 124 Å². The van der Waals surface area contributed by atoms with E-state index >= 15 is 0 Å². The molecule has 0 aliphatic carbocycles. The van der Waals surface area contributed by atoms with E-state index in [2.05, 4.69) is 5.32 Å². The number of ether oxygens (including phenoxy) is 1. The van der Waals surface area contributed by atoms with E-state index in [1.807, 2.05) is 19.9 Å². The average molecular weight is 298 g/mol. The molecule has 1 amide bonds. The van der Waals surface area contributed by atoms with Crippen molar-refractivity contribution in [1.29, 1.82) is 0 Å². The van der Waals surface area contributed by atoms with E-state index in [0.717, 1.165) is 11.3 Å². The zero-order chi connectivity index (χ0) is 14.7. The molecule has 2 N–H and O–H groups in total. The van der Waals surface area contributed by atoms with Gasteiger partial charge in [-0.3, -0.25) is 4.79 Å². The van der Waals surface area contributed by atoms with Gasteiger partial charge in [-0.2, -0.15) is 0 Å². The lowest BCUT2D eigenvalue weighted by Gasteiger charge is -2.23. The topological polar surface area (TPSA) is 58.6 Å². The van der Waals surface area contributed by atoms with Crippen LogP contribution in [-0.2, 0) is 11.2 Å². The zero-order valence-corrected chi connectivity index (χ0v) is 12.5. The van der Waals surface area contributed by atoms with Crippen LogP contribution < -0.4 is 10.1 Å². The third kappa shape index (κ3) is 3.44. The minimum atomic E-state index is -0.511. The SMILES string of the molecule is CC(C)C(CCO)NC(=O)C1Cc2cc(Cl)ccc2O1. The van der Waals surface area contributed by atoms with Gasteiger partial charge in [0, 0.05) is 24.1 Å². The first-order valence-corrected chi connectivity index (χ1v) is 7.25. The lowest BCUT2D eigenvalue weighted by molar-refractivity contribution is -0.128. The highest BCUT2D eigenvalue weighted by Gasteiger charge is 2.30. The van der Waals surface area contributed by atoms with Gasteiger partial charge >= 0.3 is 0 Å². The molecular weight excluding hydrogens is 278 g/mol. The largest absolute Gasteiger partial charge is 0.480 e. The number of aliphatic hydroxyl groups is 1. The molecule has 0 radical (unpaired) electrons. The van der Waals surface area contributed by atoms with Crippen LogP contribution in [0.25, 0.3) is 0 Å². The molecule has 2 unspecified atom stereocenters. The number of amides is 1. The van der Waals surface area contributed by atoms with Gasteiger partial charge in [-0.25, -0.2) is 0 Å². The van der Waals surface area contributed by atoms with Crippen molar-refractivity contribution in [3.8, 4) is 5.75 Å². The van der Waals surface area contributed by atoms with Gasteiger partial charge in [0.15, 0.2) is 6.10 Å². The minimum absolute atomic E-state index is 0.0385. The molecule has 0 fully saturated rings. The van der Waals surface area contributed by atoms with E-state index in [9.17, 15) is 4.79 Å². The quantitative estimate of drug-likeness (QED) is 0.876. The Balaban J connectivity index is 1.98. The predicted molar refractivity (Wildman–Crippen MR) is 78.0 cm³/mol. The maximum Gasteiger partial charge on any atom is 0.261 e. The molecule has 0 aromatic heterocycles. The first-order chi connectivity index (χ1) is 9.51. The first-order valence-electron chi connectivity index (χ1n) is 6.87. The number of fused-ring (bicyclic) bond motifs is 1. The van der Waals surface area contributed by atoms with Crippen molar-refractivity contribution in [3.05, 3.63) is 28.8 Å². The summed E-state index contributed by atoms with van der Waals surface area (Å²) in [6.07, 6.45) is 0.573. The second kappa shape index (κ2) is 6.46. The summed E-state index contributed by atoms with van der Waals surface area (Å²) < 4.78 is 5.65. The molecule has 0 saturated carbocycles. The van der Waals surface area contributed by atoms with Crippen LogP contribution in [-0.4, -0.2) is 29.8 Å². The Bertz CT molecular complexity index is 490. The van der Waals surface area contributed by atoms with Gasteiger partial charge in [-0.1, -0.05) is 25.4 Å². The Hall–Kier alpha value is -1.26. The molecule has 1 heterocycles. The van der Waals surface area contributed by atoms with Crippen molar-refractivity contribution >= 4 is 17.5 Å². The van der Waals surface area contributed by atoms with Crippen LogP contribution in [0.3, 0.4) is 0 Å². The van der Waals surface area contributed by atoms with Gasteiger partial charge in [0.05, 0.1) is 0 Å². The molecule has 4 nitrogen and oxygen atoms in total. The monoisotopic (exact) mass is 297 g/mol. The summed E-state index contributed by atoms with van der Waals surface area (Å²) >= 11 is 5.93. The summed E-state index contributed by atoms with van der Waals surface area (Å²) in [5, 5.41) is 12.6. The Kier molecular flexibility index (Phi) is 4.89. The highest BCUT2D eigenvalue weighted by molar-refractivity contribution is 6.30. The molecule has 5 heteroatoms. The highest BCUT2D eigenvalue weighted by Crippen LogP contribution is 2.31. The van der Waals surface area contributed by atoms with E-state index < -0.39 is 6.10 Å². The molecule has 1 aliphatic rings. The van der Waals surface area contributed by atoms with E-state index in [0.29, 0.717) is 17.9 Å². The van der Waals surface area contributed by atoms with Crippen molar-refractivity contribution in [3.63, 3.8) is 0 Å². The van der Waals surface area contributed by atoms with Gasteiger partial charge in [0.1, 0.15) is 5.75 Å². The second-order valence-electron chi connectivity index (χ2n) is 5.43. The molecule has 2 rings (SSSR count). The fraction of sp³-hybridized carbons (Fsp3) is 0.533. The van der Waals surface area contributed by atoms with Gasteiger partial charge < -0.3 is 15.2 Å². The molecule has 0 bridgehead atoms. The van der Waals surface area contributed by atoms with Crippen molar-refractivity contribution < 1.29 is 14.6 Å². The van der Waals surface area contributed by atoms with Gasteiger partial charge in [-0.05, 0) is 36.1 Å². The smallest absolute Gasteiger partial charge is 0.261 e. The Morgan fingerprint density at radius 1 is 1.55 bits per heavy atom. The number of carbonyl (C=O) groups excluding carboxylic acids is 1. The number of carbonyl (C=O) groups is 1. The van der Waals surface area contributed by atoms with Crippen molar-refractivity contribution in [1.82, 2.24) is 5.32 Å². The molecule has 110 valence electrons. The first kappa shape index (κ1) is 15.1. The normalized spacial score (nSPS) is 18.6. The summed E-state index contributed by atoms with van der Waals surface area (Å²) in [5.74, 6) is 0.853. The summed E-state index contributed by atoms with van der Waals surface area (Å²) in [5.41, 5.74) is 0.959. The van der Waals surface area contributed by atoms with Crippen molar-refractivity contribution in [2.45, 2.75) is 38.8 Å². The van der Waals surface area contributed by atoms with Crippen LogP contribution in [0.5, 0.6) is 5.75 Å². The van der Waals surface area contributed by atoms with Gasteiger partial charge in [0.2, 0.25) is 0 Å². The molecule has 2 atom stereocenters. The molecule has 20 heavy (non-hydrogen) atoms. The number of hydrogen-bond acceptors (Lipinski definition) is 3. The van der Waals surface area contributed by atoms with Gasteiger partial charge in [-0.15, -0.1) is 0 Å². The van der Waals surface area contributed by atoms with Crippen LogP contribution in [0, 0.1) is 5.92 Å². The molecule has 1 aromatic carbocycles. The molecule has 0 spiro atoms. The average Bonchev–Trinajstić information content (AvgIpc) is 2.80. The van der Waals surface area contributed by atoms with Crippen LogP contribution in [0.2, 0.25) is 5.02 Å². The summed E-state index contributed by atoms with van der Waals surface area (Å²) in [4.78, 5) is 12.2. The van der Waals surface area contributed by atoms with Crippen LogP contribution in [0.15, 0.2) is 18.2 Å². The molecule has 0 saturated heterocycles. The third-order valence-corrected chi connectivity index (χ3v) is 3.80. The van der Waals surface area contributed by atoms with Crippen LogP contribution >= 0.6 is 11.6 Å². The van der Waals surface area contributed by atoms with Crippen LogP contribution in [0.1, 0.15) is 25.8 Å². The predicted octanol–water partition coefficient (Wildman–Crippen LogP) is 2.17. The highest BCUT2D eigenvalue weighted by atomic mass is 35.5. The van der Waals surface area contributed by atoms with E-state index in [1.165, 1.54) is 0 Å². The maximum absolute atomic E-state index is 12.2. The van der Waals surface area contributed by atoms with E-state index in [1.54, 1.807) is 12.1 Å². The third-order valence-electron chi connectivity index (χ3n) is 3.56. The lowest BCUT2D eigenvalue weighted by atomic mass is 10.0. The molecule has 1 aromatic rings. The van der Waals surface area contributed by atoms with Crippen molar-refractivity contribution in [2.24, 2.45) is 5.92 Å². The Morgan fingerprint density at radius 2 is 2.30 bits per heavy atom. The fourth-order valence-corrected chi connectivity index (χ4v) is 2.55. The standard InChI is InChI=1S/C15H20ClNO3/c1-9(2)12(5-6-18)17-15(19)14-8-10-7-11(16)3-4-13(10)20-14/h3-4,7,9,12,14,18H,5-6,8H2,1-2H3,(H,17,19). The van der Waals surface area contributed by atoms with E-state index in [4.69, 9.17) is 21.4 Å². The van der Waals surface area contributed by atoms with Crippen LogP contribution in [0.4, 0.5) is 0 Å². The molecular formula is C15H20ClNO3. The zero-order valence-electron chi connectivity index (χ0n) is 11.7. The van der Waals surface area contributed by atoms with E-state index in [-0.39, 0.29) is 24.5 Å². The van der Waals surface area contributed by atoms with Gasteiger partial charge in [0.25, 0.3) is 5.91 Å².